The second-order valence-corrected chi connectivity index (χ2v) is 7.47. The van der Waals surface area contributed by atoms with Gasteiger partial charge in [0.2, 0.25) is 0 Å². The molecule has 2 fully saturated rings. The summed E-state index contributed by atoms with van der Waals surface area (Å²) in [4.78, 5) is 33.2. The zero-order valence-electron chi connectivity index (χ0n) is 14.4. The monoisotopic (exact) mass is 338 g/mol. The fourth-order valence-corrected chi connectivity index (χ4v) is 4.67. The van der Waals surface area contributed by atoms with Gasteiger partial charge in [0.1, 0.15) is 17.3 Å². The van der Waals surface area contributed by atoms with Crippen molar-refractivity contribution in [2.75, 3.05) is 31.1 Å². The Bertz CT molecular complexity index is 803. The van der Waals surface area contributed by atoms with Gasteiger partial charge in [-0.3, -0.25) is 4.79 Å². The van der Waals surface area contributed by atoms with Crippen LogP contribution < -0.4 is 4.90 Å². The SMILES string of the molecule is Cc1nc2c(c(N3CC4CN(C(=O)c5cnc[nH]5)CC4C3)n1)CCC2. The number of rotatable bonds is 2. The Morgan fingerprint density at radius 2 is 1.96 bits per heavy atom. The molecule has 3 aliphatic rings. The molecule has 130 valence electrons. The van der Waals surface area contributed by atoms with Crippen LogP contribution in [0.1, 0.15) is 34.0 Å². The third-order valence-corrected chi connectivity index (χ3v) is 5.82. The molecule has 0 saturated carbocycles. The van der Waals surface area contributed by atoms with Crippen molar-refractivity contribution in [2.24, 2.45) is 11.8 Å². The summed E-state index contributed by atoms with van der Waals surface area (Å²) in [6.45, 7) is 5.61. The first-order valence-electron chi connectivity index (χ1n) is 9.08. The number of hydrogen-bond donors (Lipinski definition) is 1. The molecular weight excluding hydrogens is 316 g/mol. The maximum Gasteiger partial charge on any atom is 0.271 e. The number of H-pyrrole nitrogens is 1. The quantitative estimate of drug-likeness (QED) is 0.890. The molecule has 25 heavy (non-hydrogen) atoms. The van der Waals surface area contributed by atoms with Crippen LogP contribution in [-0.4, -0.2) is 56.9 Å². The van der Waals surface area contributed by atoms with Crippen molar-refractivity contribution in [3.8, 4) is 0 Å². The van der Waals surface area contributed by atoms with Crippen molar-refractivity contribution in [1.29, 1.82) is 0 Å². The highest BCUT2D eigenvalue weighted by molar-refractivity contribution is 5.92. The number of hydrogen-bond acceptors (Lipinski definition) is 5. The van der Waals surface area contributed by atoms with Crippen LogP contribution in [0, 0.1) is 18.8 Å². The van der Waals surface area contributed by atoms with Crippen molar-refractivity contribution >= 4 is 11.7 Å². The number of carbonyl (C=O) groups is 1. The van der Waals surface area contributed by atoms with E-state index >= 15 is 0 Å². The smallest absolute Gasteiger partial charge is 0.271 e. The van der Waals surface area contributed by atoms with Crippen LogP contribution >= 0.6 is 0 Å². The molecule has 0 aromatic carbocycles. The predicted molar refractivity (Wildman–Crippen MR) is 92.5 cm³/mol. The molecule has 2 aromatic heterocycles. The Morgan fingerprint density at radius 3 is 2.68 bits per heavy atom. The average molecular weight is 338 g/mol. The van der Waals surface area contributed by atoms with Crippen molar-refractivity contribution in [1.82, 2.24) is 24.8 Å². The molecule has 2 aromatic rings. The molecule has 4 heterocycles. The van der Waals surface area contributed by atoms with Crippen molar-refractivity contribution in [2.45, 2.75) is 26.2 Å². The number of aromatic nitrogens is 4. The highest BCUT2D eigenvalue weighted by Gasteiger charge is 2.43. The van der Waals surface area contributed by atoms with Gasteiger partial charge in [0.05, 0.1) is 12.5 Å². The largest absolute Gasteiger partial charge is 0.356 e. The number of nitrogens with zero attached hydrogens (tertiary/aromatic N) is 5. The zero-order valence-corrected chi connectivity index (χ0v) is 14.4. The van der Waals surface area contributed by atoms with Gasteiger partial charge in [-0.15, -0.1) is 0 Å². The molecule has 7 nitrogen and oxygen atoms in total. The van der Waals surface area contributed by atoms with E-state index in [4.69, 9.17) is 4.98 Å². The van der Waals surface area contributed by atoms with Crippen molar-refractivity contribution in [3.63, 3.8) is 0 Å². The maximum absolute atomic E-state index is 12.5. The fourth-order valence-electron chi connectivity index (χ4n) is 4.67. The Balaban J connectivity index is 1.33. The standard InChI is InChI=1S/C18H22N6O/c1-11-21-15-4-2-3-14(15)17(22-11)23-6-12-8-24(9-13(12)7-23)18(25)16-5-19-10-20-16/h5,10,12-13H,2-4,6-9H2,1H3,(H,19,20). The molecular formula is C18H22N6O. The summed E-state index contributed by atoms with van der Waals surface area (Å²) in [5.41, 5.74) is 3.19. The van der Waals surface area contributed by atoms with Gasteiger partial charge in [0.25, 0.3) is 5.91 Å². The molecule has 5 rings (SSSR count). The number of amides is 1. The van der Waals surface area contributed by atoms with E-state index in [0.29, 0.717) is 17.5 Å². The summed E-state index contributed by atoms with van der Waals surface area (Å²) in [6.07, 6.45) is 6.54. The lowest BCUT2D eigenvalue weighted by Gasteiger charge is -2.24. The van der Waals surface area contributed by atoms with Gasteiger partial charge in [-0.05, 0) is 26.2 Å². The number of likely N-dealkylation sites (tertiary alicyclic amines) is 1. The Kier molecular flexibility index (Phi) is 3.29. The number of carbonyl (C=O) groups excluding carboxylic acids is 1. The topological polar surface area (TPSA) is 78.0 Å². The van der Waals surface area contributed by atoms with Crippen LogP contribution in [0.3, 0.4) is 0 Å². The van der Waals surface area contributed by atoms with E-state index in [9.17, 15) is 4.79 Å². The van der Waals surface area contributed by atoms with Gasteiger partial charge in [0, 0.05) is 49.3 Å². The molecule has 2 atom stereocenters. The van der Waals surface area contributed by atoms with E-state index < -0.39 is 0 Å². The second-order valence-electron chi connectivity index (χ2n) is 7.47. The van der Waals surface area contributed by atoms with Gasteiger partial charge < -0.3 is 14.8 Å². The van der Waals surface area contributed by atoms with Crippen LogP contribution in [0.4, 0.5) is 5.82 Å². The summed E-state index contributed by atoms with van der Waals surface area (Å²) in [6, 6.07) is 0. The van der Waals surface area contributed by atoms with Gasteiger partial charge in [-0.25, -0.2) is 15.0 Å². The average Bonchev–Trinajstić information content (AvgIpc) is 3.34. The number of imidazole rings is 1. The summed E-state index contributed by atoms with van der Waals surface area (Å²) in [7, 11) is 0. The van der Waals surface area contributed by atoms with Crippen LogP contribution in [0.5, 0.6) is 0 Å². The van der Waals surface area contributed by atoms with E-state index in [0.717, 1.165) is 50.7 Å². The third-order valence-electron chi connectivity index (χ3n) is 5.82. The number of fused-ring (bicyclic) bond motifs is 2. The summed E-state index contributed by atoms with van der Waals surface area (Å²) < 4.78 is 0. The first-order chi connectivity index (χ1) is 12.2. The number of anilines is 1. The summed E-state index contributed by atoms with van der Waals surface area (Å²) in [5, 5.41) is 0. The van der Waals surface area contributed by atoms with Crippen molar-refractivity contribution in [3.05, 3.63) is 35.3 Å². The normalized spacial score (nSPS) is 24.7. The van der Waals surface area contributed by atoms with Gasteiger partial charge >= 0.3 is 0 Å². The molecule has 7 heteroatoms. The number of nitrogens with one attached hydrogen (secondary N) is 1. The predicted octanol–water partition coefficient (Wildman–Crippen LogP) is 1.21. The van der Waals surface area contributed by atoms with E-state index in [2.05, 4.69) is 19.9 Å². The van der Waals surface area contributed by atoms with Crippen molar-refractivity contribution < 1.29 is 4.79 Å². The molecule has 0 radical (unpaired) electrons. The molecule has 0 bridgehead atoms. The van der Waals surface area contributed by atoms with Crippen LogP contribution in [0.2, 0.25) is 0 Å². The van der Waals surface area contributed by atoms with E-state index in [-0.39, 0.29) is 5.91 Å². The van der Waals surface area contributed by atoms with E-state index in [1.807, 2.05) is 11.8 Å². The third kappa shape index (κ3) is 2.41. The zero-order chi connectivity index (χ0) is 17.0. The molecule has 2 saturated heterocycles. The number of aromatic amines is 1. The molecule has 0 spiro atoms. The van der Waals surface area contributed by atoms with E-state index in [1.165, 1.54) is 17.7 Å². The molecule has 2 aliphatic heterocycles. The Morgan fingerprint density at radius 1 is 1.16 bits per heavy atom. The van der Waals surface area contributed by atoms with Gasteiger partial charge in [-0.2, -0.15) is 0 Å². The molecule has 1 aliphatic carbocycles. The lowest BCUT2D eigenvalue weighted by Crippen LogP contribution is -2.34. The maximum atomic E-state index is 12.5. The second kappa shape index (κ2) is 5.54. The number of aryl methyl sites for hydroxylation is 2. The highest BCUT2D eigenvalue weighted by Crippen LogP contribution is 2.37. The minimum Gasteiger partial charge on any atom is -0.356 e. The Labute approximate surface area is 146 Å². The van der Waals surface area contributed by atoms with Crippen LogP contribution in [0.25, 0.3) is 0 Å². The van der Waals surface area contributed by atoms with Crippen LogP contribution in [0.15, 0.2) is 12.5 Å². The summed E-state index contributed by atoms with van der Waals surface area (Å²) in [5.74, 6) is 3.15. The fraction of sp³-hybridized carbons (Fsp3) is 0.556. The molecule has 2 unspecified atom stereocenters. The van der Waals surface area contributed by atoms with Crippen LogP contribution in [-0.2, 0) is 12.8 Å². The minimum atomic E-state index is 0.0669. The lowest BCUT2D eigenvalue weighted by molar-refractivity contribution is 0.0777. The first kappa shape index (κ1) is 14.9. The summed E-state index contributed by atoms with van der Waals surface area (Å²) >= 11 is 0. The first-order valence-corrected chi connectivity index (χ1v) is 9.08. The van der Waals surface area contributed by atoms with Gasteiger partial charge in [0.15, 0.2) is 0 Å². The minimum absolute atomic E-state index is 0.0669. The Hall–Kier alpha value is -2.44. The molecule has 1 amide bonds. The highest BCUT2D eigenvalue weighted by atomic mass is 16.2. The lowest BCUT2D eigenvalue weighted by atomic mass is 10.0. The molecule has 1 N–H and O–H groups in total. The van der Waals surface area contributed by atoms with E-state index in [1.54, 1.807) is 12.5 Å². The van der Waals surface area contributed by atoms with Gasteiger partial charge in [-0.1, -0.05) is 0 Å².